The van der Waals surface area contributed by atoms with Gasteiger partial charge in [-0.3, -0.25) is 9.59 Å². The first-order chi connectivity index (χ1) is 37.7. The number of allylic oxidation sites excluding steroid dienone is 7. The average Bonchev–Trinajstić information content (AvgIpc) is 3.43. The van der Waals surface area contributed by atoms with E-state index in [9.17, 15) is 35.1 Å². The largest absolute Gasteiger partial charge is 0.454 e. The number of carbonyl (C=O) groups excluding carboxylic acids is 2. The summed E-state index contributed by atoms with van der Waals surface area (Å²) >= 11 is 0. The highest BCUT2D eigenvalue weighted by Gasteiger charge is 2.47. The number of unbranched alkanes of at least 4 members (excludes halogenated alkanes) is 37. The standard InChI is InChI=1S/C66H121NO10/c1-4-7-10-13-16-19-22-24-26-27-28-29-30-31-32-33-34-36-39-42-45-48-51-54-61(71)77-64-63(73)62(72)60(55-68)76-66(64)75-56-57(58(69)52-49-46-43-40-37-21-18-15-12-9-6-3)67-65(74)59(70)53-50-47-44-41-38-35-25-23-20-17-14-11-8-5-2/h8,11,14,17,20,23,49,52,57-60,62-64,66,68-70,72-73H,4-7,9-10,12-13,15-16,18-19,21-22,24-48,50-51,53-56H2,1-3H3,(H,67,74)/b11-8+,17-14+,23-20+,52-49+. The van der Waals surface area contributed by atoms with Gasteiger partial charge in [0.15, 0.2) is 12.4 Å². The summed E-state index contributed by atoms with van der Waals surface area (Å²) in [5.74, 6) is -1.20. The molecule has 0 aromatic heterocycles. The first kappa shape index (κ1) is 72.6. The fourth-order valence-corrected chi connectivity index (χ4v) is 10.2. The summed E-state index contributed by atoms with van der Waals surface area (Å²) in [7, 11) is 0. The van der Waals surface area contributed by atoms with Crippen molar-refractivity contribution in [2.75, 3.05) is 13.2 Å². The molecule has 0 spiro atoms. The molecule has 6 N–H and O–H groups in total. The van der Waals surface area contributed by atoms with E-state index in [1.807, 2.05) is 12.2 Å². The lowest BCUT2D eigenvalue weighted by Gasteiger charge is -2.41. The third-order valence-electron chi connectivity index (χ3n) is 15.3. The predicted molar refractivity (Wildman–Crippen MR) is 320 cm³/mol. The second-order valence-corrected chi connectivity index (χ2v) is 22.5. The van der Waals surface area contributed by atoms with E-state index in [1.54, 1.807) is 6.08 Å². The van der Waals surface area contributed by atoms with Crippen LogP contribution in [0.3, 0.4) is 0 Å². The molecule has 1 amide bonds. The van der Waals surface area contributed by atoms with E-state index in [-0.39, 0.29) is 19.4 Å². The predicted octanol–water partition coefficient (Wildman–Crippen LogP) is 15.6. The minimum atomic E-state index is -1.61. The van der Waals surface area contributed by atoms with Crippen LogP contribution in [0.2, 0.25) is 0 Å². The number of carbonyl (C=O) groups is 2. The van der Waals surface area contributed by atoms with Crippen LogP contribution in [-0.4, -0.2) is 99.6 Å². The van der Waals surface area contributed by atoms with Crippen molar-refractivity contribution in [3.05, 3.63) is 48.6 Å². The van der Waals surface area contributed by atoms with Gasteiger partial charge < -0.3 is 45.1 Å². The van der Waals surface area contributed by atoms with Crippen LogP contribution >= 0.6 is 0 Å². The summed E-state index contributed by atoms with van der Waals surface area (Å²) in [6.45, 7) is 5.67. The molecule has 0 saturated carbocycles. The van der Waals surface area contributed by atoms with Crippen LogP contribution in [0, 0.1) is 0 Å². The zero-order valence-electron chi connectivity index (χ0n) is 49.8. The number of hydrogen-bond acceptors (Lipinski definition) is 10. The van der Waals surface area contributed by atoms with Crippen molar-refractivity contribution in [1.82, 2.24) is 5.32 Å². The summed E-state index contributed by atoms with van der Waals surface area (Å²) in [5.41, 5.74) is 0. The third-order valence-corrected chi connectivity index (χ3v) is 15.3. The summed E-state index contributed by atoms with van der Waals surface area (Å²) < 4.78 is 17.6. The Morgan fingerprint density at radius 3 is 1.39 bits per heavy atom. The highest BCUT2D eigenvalue weighted by Crippen LogP contribution is 2.26. The van der Waals surface area contributed by atoms with Gasteiger partial charge in [-0.1, -0.05) is 294 Å². The number of aliphatic hydroxyl groups is 5. The lowest BCUT2D eigenvalue weighted by Crippen LogP contribution is -2.61. The molecule has 1 rings (SSSR count). The molecule has 1 aliphatic rings. The Bertz CT molecular complexity index is 1440. The van der Waals surface area contributed by atoms with E-state index in [0.29, 0.717) is 12.8 Å². The highest BCUT2D eigenvalue weighted by atomic mass is 16.7. The van der Waals surface area contributed by atoms with Crippen LogP contribution < -0.4 is 5.32 Å². The Labute approximate surface area is 472 Å². The molecule has 0 aromatic rings. The maximum atomic E-state index is 13.4. The molecule has 1 aliphatic heterocycles. The second kappa shape index (κ2) is 54.2. The van der Waals surface area contributed by atoms with Crippen LogP contribution in [0.4, 0.5) is 0 Å². The third kappa shape index (κ3) is 42.2. The number of ether oxygens (including phenoxy) is 3. The van der Waals surface area contributed by atoms with Crippen LogP contribution in [0.1, 0.15) is 297 Å². The van der Waals surface area contributed by atoms with Gasteiger partial charge in [0.25, 0.3) is 0 Å². The van der Waals surface area contributed by atoms with Gasteiger partial charge in [-0.2, -0.15) is 0 Å². The number of esters is 1. The van der Waals surface area contributed by atoms with Crippen molar-refractivity contribution in [2.24, 2.45) is 0 Å². The van der Waals surface area contributed by atoms with Crippen LogP contribution in [0.15, 0.2) is 48.6 Å². The van der Waals surface area contributed by atoms with Gasteiger partial charge in [0, 0.05) is 6.42 Å². The number of hydrogen-bond donors (Lipinski definition) is 6. The molecule has 1 heterocycles. The normalized spacial score (nSPS) is 19.3. The van der Waals surface area contributed by atoms with E-state index in [4.69, 9.17) is 14.2 Å². The quantitative estimate of drug-likeness (QED) is 0.0149. The molecule has 1 fully saturated rings. The zero-order chi connectivity index (χ0) is 56.1. The number of aliphatic hydroxyl groups excluding tert-OH is 5. The Morgan fingerprint density at radius 1 is 0.519 bits per heavy atom. The Kier molecular flexibility index (Phi) is 51.1. The monoisotopic (exact) mass is 1090 g/mol. The Hall–Kier alpha value is -2.38. The van der Waals surface area contributed by atoms with Gasteiger partial charge in [0.05, 0.1) is 25.4 Å². The van der Waals surface area contributed by atoms with E-state index < -0.39 is 67.4 Å². The molecule has 450 valence electrons. The maximum absolute atomic E-state index is 13.4. The van der Waals surface area contributed by atoms with Gasteiger partial charge in [0.1, 0.15) is 24.4 Å². The summed E-state index contributed by atoms with van der Waals surface area (Å²) in [6.07, 6.45) is 55.9. The van der Waals surface area contributed by atoms with E-state index >= 15 is 0 Å². The van der Waals surface area contributed by atoms with Crippen LogP contribution in [0.5, 0.6) is 0 Å². The number of rotatable bonds is 55. The highest BCUT2D eigenvalue weighted by molar-refractivity contribution is 5.80. The van der Waals surface area contributed by atoms with Gasteiger partial charge in [-0.25, -0.2) is 0 Å². The second-order valence-electron chi connectivity index (χ2n) is 22.5. The van der Waals surface area contributed by atoms with Crippen molar-refractivity contribution in [2.45, 2.75) is 346 Å². The van der Waals surface area contributed by atoms with Crippen LogP contribution in [-0.2, 0) is 23.8 Å². The average molecular weight is 1090 g/mol. The molecule has 0 bridgehead atoms. The Morgan fingerprint density at radius 2 is 0.935 bits per heavy atom. The summed E-state index contributed by atoms with van der Waals surface area (Å²) in [6, 6.07) is -1.03. The molecular weight excluding hydrogens is 967 g/mol. The smallest absolute Gasteiger partial charge is 0.306 e. The van der Waals surface area contributed by atoms with E-state index in [2.05, 4.69) is 56.5 Å². The molecular formula is C66H121NO10. The minimum absolute atomic E-state index is 0.126. The van der Waals surface area contributed by atoms with Crippen molar-refractivity contribution in [1.29, 1.82) is 0 Å². The first-order valence-corrected chi connectivity index (χ1v) is 32.4. The molecule has 8 unspecified atom stereocenters. The Balaban J connectivity index is 2.58. The van der Waals surface area contributed by atoms with Crippen molar-refractivity contribution < 1.29 is 49.3 Å². The number of nitrogens with one attached hydrogen (secondary N) is 1. The van der Waals surface area contributed by atoms with Crippen molar-refractivity contribution in [3.8, 4) is 0 Å². The summed E-state index contributed by atoms with van der Waals surface area (Å²) in [5, 5.41) is 57.0. The number of amides is 1. The van der Waals surface area contributed by atoms with Gasteiger partial charge >= 0.3 is 5.97 Å². The lowest BCUT2D eigenvalue weighted by molar-refractivity contribution is -0.305. The lowest BCUT2D eigenvalue weighted by atomic mass is 9.99. The fourth-order valence-electron chi connectivity index (χ4n) is 10.2. The van der Waals surface area contributed by atoms with E-state index in [0.717, 1.165) is 83.5 Å². The molecule has 0 aliphatic carbocycles. The molecule has 1 saturated heterocycles. The van der Waals surface area contributed by atoms with Crippen molar-refractivity contribution >= 4 is 11.9 Å². The van der Waals surface area contributed by atoms with Crippen molar-refractivity contribution in [3.63, 3.8) is 0 Å². The molecule has 11 nitrogen and oxygen atoms in total. The SMILES string of the molecule is CC/C=C/C=C/C=C/CCCCCCCCC(O)C(=O)NC(COC1OC(CO)C(O)C(O)C1OC(=O)CCCCCCCCCCCCCCCCCCCCCCCCC)C(O)/C=C/CCCCCCCCCCC. The maximum Gasteiger partial charge on any atom is 0.306 e. The van der Waals surface area contributed by atoms with Gasteiger partial charge in [-0.15, -0.1) is 0 Å². The molecule has 11 heteroatoms. The zero-order valence-corrected chi connectivity index (χ0v) is 49.8. The summed E-state index contributed by atoms with van der Waals surface area (Å²) in [4.78, 5) is 26.5. The van der Waals surface area contributed by atoms with Gasteiger partial charge in [-0.05, 0) is 44.9 Å². The molecule has 0 aromatic carbocycles. The molecule has 77 heavy (non-hydrogen) atoms. The molecule has 0 radical (unpaired) electrons. The topological polar surface area (TPSA) is 175 Å². The van der Waals surface area contributed by atoms with E-state index in [1.165, 1.54) is 167 Å². The fraction of sp³-hybridized carbons (Fsp3) is 0.848. The molecule has 8 atom stereocenters. The minimum Gasteiger partial charge on any atom is -0.454 e. The van der Waals surface area contributed by atoms with Gasteiger partial charge in [0.2, 0.25) is 5.91 Å². The first-order valence-electron chi connectivity index (χ1n) is 32.4. The van der Waals surface area contributed by atoms with Crippen LogP contribution in [0.25, 0.3) is 0 Å².